The Morgan fingerprint density at radius 2 is 2.18 bits per heavy atom. The average Bonchev–Trinajstić information content (AvgIpc) is 2.88. The number of hydrogen-bond donors (Lipinski definition) is 1. The zero-order valence-corrected chi connectivity index (χ0v) is 10.1. The second-order valence-electron chi connectivity index (χ2n) is 4.48. The van der Waals surface area contributed by atoms with E-state index in [1.807, 2.05) is 6.07 Å². The SMILES string of the molecule is N#CCCN(CC1CCCN1)c1ccccc1. The van der Waals surface area contributed by atoms with Crippen LogP contribution in [0.25, 0.3) is 0 Å². The summed E-state index contributed by atoms with van der Waals surface area (Å²) in [6.07, 6.45) is 3.10. The molecule has 0 bridgehead atoms. The van der Waals surface area contributed by atoms with Crippen molar-refractivity contribution in [3.8, 4) is 6.07 Å². The van der Waals surface area contributed by atoms with Crippen molar-refractivity contribution in [2.75, 3.05) is 24.5 Å². The summed E-state index contributed by atoms with van der Waals surface area (Å²) in [4.78, 5) is 2.31. The van der Waals surface area contributed by atoms with Crippen molar-refractivity contribution in [3.05, 3.63) is 30.3 Å². The van der Waals surface area contributed by atoms with E-state index in [4.69, 9.17) is 5.26 Å². The summed E-state index contributed by atoms with van der Waals surface area (Å²) >= 11 is 0. The smallest absolute Gasteiger partial charge is 0.0640 e. The fraction of sp³-hybridized carbons (Fsp3) is 0.500. The van der Waals surface area contributed by atoms with Gasteiger partial charge in [-0.25, -0.2) is 0 Å². The van der Waals surface area contributed by atoms with Gasteiger partial charge in [-0.3, -0.25) is 0 Å². The summed E-state index contributed by atoms with van der Waals surface area (Å²) in [6.45, 7) is 2.95. The van der Waals surface area contributed by atoms with Crippen LogP contribution in [0.3, 0.4) is 0 Å². The van der Waals surface area contributed by atoms with E-state index >= 15 is 0 Å². The molecule has 1 heterocycles. The Balaban J connectivity index is 2.00. The summed E-state index contributed by atoms with van der Waals surface area (Å²) in [7, 11) is 0. The average molecular weight is 229 g/mol. The molecule has 0 aliphatic carbocycles. The van der Waals surface area contributed by atoms with Gasteiger partial charge in [-0.2, -0.15) is 5.26 Å². The highest BCUT2D eigenvalue weighted by atomic mass is 15.2. The van der Waals surface area contributed by atoms with Crippen LogP contribution in [0, 0.1) is 11.3 Å². The Morgan fingerprint density at radius 3 is 2.82 bits per heavy atom. The molecule has 0 amide bonds. The Hall–Kier alpha value is -1.53. The number of nitrogens with one attached hydrogen (secondary N) is 1. The van der Waals surface area contributed by atoms with Gasteiger partial charge in [0.15, 0.2) is 0 Å². The second-order valence-corrected chi connectivity index (χ2v) is 4.48. The summed E-state index contributed by atoms with van der Waals surface area (Å²) < 4.78 is 0. The van der Waals surface area contributed by atoms with Crippen LogP contribution >= 0.6 is 0 Å². The molecule has 1 N–H and O–H groups in total. The third-order valence-corrected chi connectivity index (χ3v) is 3.22. The van der Waals surface area contributed by atoms with Crippen molar-refractivity contribution >= 4 is 5.69 Å². The number of benzene rings is 1. The third kappa shape index (κ3) is 3.47. The van der Waals surface area contributed by atoms with E-state index in [2.05, 4.69) is 40.6 Å². The second kappa shape index (κ2) is 6.27. The molecule has 1 fully saturated rings. The lowest BCUT2D eigenvalue weighted by Crippen LogP contribution is -2.38. The normalized spacial score (nSPS) is 18.9. The maximum absolute atomic E-state index is 8.73. The molecule has 1 aliphatic heterocycles. The minimum atomic E-state index is 0.578. The van der Waals surface area contributed by atoms with E-state index in [1.54, 1.807) is 0 Å². The molecule has 17 heavy (non-hydrogen) atoms. The van der Waals surface area contributed by atoms with Gasteiger partial charge in [-0.05, 0) is 31.5 Å². The predicted molar refractivity (Wildman–Crippen MR) is 69.9 cm³/mol. The molecule has 0 aromatic heterocycles. The largest absolute Gasteiger partial charge is 0.369 e. The van der Waals surface area contributed by atoms with Gasteiger partial charge in [0.05, 0.1) is 12.5 Å². The molecule has 1 aromatic carbocycles. The Kier molecular flexibility index (Phi) is 4.40. The number of nitrogens with zero attached hydrogens (tertiary/aromatic N) is 2. The van der Waals surface area contributed by atoms with E-state index in [0.717, 1.165) is 19.6 Å². The molecule has 1 unspecified atom stereocenters. The van der Waals surface area contributed by atoms with Gasteiger partial charge in [-0.15, -0.1) is 0 Å². The molecule has 1 aliphatic rings. The highest BCUT2D eigenvalue weighted by Gasteiger charge is 2.17. The first-order valence-corrected chi connectivity index (χ1v) is 6.30. The van der Waals surface area contributed by atoms with Crippen molar-refractivity contribution < 1.29 is 0 Å². The van der Waals surface area contributed by atoms with Crippen LogP contribution in [-0.2, 0) is 0 Å². The van der Waals surface area contributed by atoms with Crippen molar-refractivity contribution in [1.82, 2.24) is 5.32 Å². The molecule has 2 rings (SSSR count). The van der Waals surface area contributed by atoms with Gasteiger partial charge in [0.1, 0.15) is 0 Å². The predicted octanol–water partition coefficient (Wildman–Crippen LogP) is 2.16. The lowest BCUT2D eigenvalue weighted by atomic mass is 10.2. The summed E-state index contributed by atoms with van der Waals surface area (Å²) in [5.41, 5.74) is 1.22. The maximum Gasteiger partial charge on any atom is 0.0640 e. The summed E-state index contributed by atoms with van der Waals surface area (Å²) in [6, 6.07) is 13.2. The molecule has 0 saturated carbocycles. The van der Waals surface area contributed by atoms with Crippen LogP contribution in [0.1, 0.15) is 19.3 Å². The van der Waals surface area contributed by atoms with E-state index in [1.165, 1.54) is 18.5 Å². The van der Waals surface area contributed by atoms with Gasteiger partial charge in [0.2, 0.25) is 0 Å². The van der Waals surface area contributed by atoms with Crippen LogP contribution in [0.2, 0.25) is 0 Å². The molecule has 3 heteroatoms. The number of rotatable bonds is 5. The zero-order valence-electron chi connectivity index (χ0n) is 10.1. The van der Waals surface area contributed by atoms with Crippen molar-refractivity contribution in [2.45, 2.75) is 25.3 Å². The fourth-order valence-corrected chi connectivity index (χ4v) is 2.33. The summed E-state index contributed by atoms with van der Waals surface area (Å²) in [5.74, 6) is 0. The topological polar surface area (TPSA) is 39.1 Å². The zero-order chi connectivity index (χ0) is 11.9. The number of para-hydroxylation sites is 1. The monoisotopic (exact) mass is 229 g/mol. The minimum absolute atomic E-state index is 0.578. The lowest BCUT2D eigenvalue weighted by molar-refractivity contribution is 0.582. The van der Waals surface area contributed by atoms with Gasteiger partial charge < -0.3 is 10.2 Å². The van der Waals surface area contributed by atoms with Gasteiger partial charge in [-0.1, -0.05) is 18.2 Å². The first-order chi connectivity index (χ1) is 8.40. The van der Waals surface area contributed by atoms with Gasteiger partial charge >= 0.3 is 0 Å². The molecular weight excluding hydrogens is 210 g/mol. The first kappa shape index (κ1) is 11.9. The molecule has 0 radical (unpaired) electrons. The molecule has 90 valence electrons. The Bertz CT molecular complexity index is 363. The van der Waals surface area contributed by atoms with Gasteiger partial charge in [0.25, 0.3) is 0 Å². The highest BCUT2D eigenvalue weighted by molar-refractivity contribution is 5.46. The van der Waals surface area contributed by atoms with Crippen LogP contribution in [0.5, 0.6) is 0 Å². The van der Waals surface area contributed by atoms with Crippen LogP contribution < -0.4 is 10.2 Å². The van der Waals surface area contributed by atoms with Crippen molar-refractivity contribution in [2.24, 2.45) is 0 Å². The quantitative estimate of drug-likeness (QED) is 0.841. The van der Waals surface area contributed by atoms with E-state index in [0.29, 0.717) is 12.5 Å². The van der Waals surface area contributed by atoms with Crippen molar-refractivity contribution in [1.29, 1.82) is 5.26 Å². The molecule has 1 atom stereocenters. The van der Waals surface area contributed by atoms with Crippen LogP contribution in [0.4, 0.5) is 5.69 Å². The number of hydrogen-bond acceptors (Lipinski definition) is 3. The Morgan fingerprint density at radius 1 is 1.35 bits per heavy atom. The highest BCUT2D eigenvalue weighted by Crippen LogP contribution is 2.16. The fourth-order valence-electron chi connectivity index (χ4n) is 2.33. The van der Waals surface area contributed by atoms with E-state index < -0.39 is 0 Å². The first-order valence-electron chi connectivity index (χ1n) is 6.30. The van der Waals surface area contributed by atoms with Crippen LogP contribution in [0.15, 0.2) is 30.3 Å². The lowest BCUT2D eigenvalue weighted by Gasteiger charge is -2.27. The Labute approximate surface area is 103 Å². The third-order valence-electron chi connectivity index (χ3n) is 3.22. The molecule has 3 nitrogen and oxygen atoms in total. The molecular formula is C14H19N3. The molecule has 1 aromatic rings. The molecule has 1 saturated heterocycles. The van der Waals surface area contributed by atoms with E-state index in [-0.39, 0.29) is 0 Å². The number of anilines is 1. The minimum Gasteiger partial charge on any atom is -0.369 e. The van der Waals surface area contributed by atoms with Crippen LogP contribution in [-0.4, -0.2) is 25.7 Å². The standard InChI is InChI=1S/C14H19N3/c15-9-5-11-17(12-13-6-4-10-16-13)14-7-2-1-3-8-14/h1-3,7-8,13,16H,4-6,10-12H2. The van der Waals surface area contributed by atoms with Gasteiger partial charge in [0, 0.05) is 24.8 Å². The summed E-state index contributed by atoms with van der Waals surface area (Å²) in [5, 5.41) is 12.2. The number of nitriles is 1. The molecule has 0 spiro atoms. The van der Waals surface area contributed by atoms with E-state index in [9.17, 15) is 0 Å². The maximum atomic E-state index is 8.73. The van der Waals surface area contributed by atoms with Crippen molar-refractivity contribution in [3.63, 3.8) is 0 Å².